The highest BCUT2D eigenvalue weighted by Gasteiger charge is 2.31. The third-order valence-corrected chi connectivity index (χ3v) is 3.35. The highest BCUT2D eigenvalue weighted by Crippen LogP contribution is 2.44. The fourth-order valence-corrected chi connectivity index (χ4v) is 2.24. The number of hydrogen-bond donors (Lipinski definition) is 3. The third kappa shape index (κ3) is 2.74. The molecular formula is C17H12O7. The van der Waals surface area contributed by atoms with Crippen molar-refractivity contribution in [2.24, 2.45) is 0 Å². The summed E-state index contributed by atoms with van der Waals surface area (Å²) in [6, 6.07) is 9.08. The average molecular weight is 328 g/mol. The lowest BCUT2D eigenvalue weighted by Gasteiger charge is -2.07. The van der Waals surface area contributed by atoms with Crippen LogP contribution >= 0.6 is 0 Å². The summed E-state index contributed by atoms with van der Waals surface area (Å²) >= 11 is 0. The van der Waals surface area contributed by atoms with Crippen LogP contribution in [0.1, 0.15) is 15.9 Å². The molecule has 7 heteroatoms. The maximum atomic E-state index is 12.3. The number of benzene rings is 2. The highest BCUT2D eigenvalue weighted by molar-refractivity contribution is 6.15. The van der Waals surface area contributed by atoms with Crippen molar-refractivity contribution in [3.63, 3.8) is 0 Å². The number of allylic oxidation sites excluding steroid dienone is 1. The molecule has 0 unspecified atom stereocenters. The van der Waals surface area contributed by atoms with Crippen LogP contribution in [0.4, 0.5) is 0 Å². The summed E-state index contributed by atoms with van der Waals surface area (Å²) in [5.74, 6) is -2.42. The fraction of sp³-hybridized carbons (Fsp3) is 0.0588. The molecular weight excluding hydrogens is 316 g/mol. The molecule has 0 saturated carbocycles. The normalized spacial score (nSPS) is 14.3. The van der Waals surface area contributed by atoms with Crippen molar-refractivity contribution < 1.29 is 34.4 Å². The van der Waals surface area contributed by atoms with Crippen LogP contribution in [0.2, 0.25) is 0 Å². The van der Waals surface area contributed by atoms with E-state index in [2.05, 4.69) is 0 Å². The Morgan fingerprint density at radius 3 is 2.67 bits per heavy atom. The number of aliphatic carboxylic acids is 1. The van der Waals surface area contributed by atoms with Gasteiger partial charge in [-0.15, -0.1) is 0 Å². The molecule has 0 spiro atoms. The lowest BCUT2D eigenvalue weighted by atomic mass is 10.1. The first-order valence-electron chi connectivity index (χ1n) is 6.90. The number of ketones is 1. The molecule has 1 aliphatic rings. The summed E-state index contributed by atoms with van der Waals surface area (Å²) in [6.45, 7) is -0.524. The number of hydrogen-bond acceptors (Lipinski definition) is 6. The largest absolute Gasteiger partial charge is 0.504 e. The first kappa shape index (κ1) is 15.4. The van der Waals surface area contributed by atoms with Crippen molar-refractivity contribution in [2.45, 2.75) is 0 Å². The molecule has 3 rings (SSSR count). The molecule has 3 N–H and O–H groups in total. The number of ether oxygens (including phenoxy) is 2. The van der Waals surface area contributed by atoms with Crippen LogP contribution in [-0.4, -0.2) is 33.7 Å². The number of phenols is 2. The molecule has 0 fully saturated rings. The first-order chi connectivity index (χ1) is 11.5. The van der Waals surface area contributed by atoms with E-state index in [-0.39, 0.29) is 22.8 Å². The topological polar surface area (TPSA) is 113 Å². The maximum Gasteiger partial charge on any atom is 0.341 e. The van der Waals surface area contributed by atoms with E-state index in [9.17, 15) is 19.8 Å². The molecule has 2 aromatic rings. The van der Waals surface area contributed by atoms with Gasteiger partial charge in [0.2, 0.25) is 11.5 Å². The van der Waals surface area contributed by atoms with Crippen LogP contribution in [0.15, 0.2) is 42.2 Å². The minimum absolute atomic E-state index is 0.0720. The molecule has 0 amide bonds. The predicted octanol–water partition coefficient (Wildman–Crippen LogP) is 2.18. The average Bonchev–Trinajstić information content (AvgIpc) is 2.87. The number of Topliss-reactive ketones (excluding diaryl/α,β-unsaturated/α-hetero) is 1. The molecule has 0 bridgehead atoms. The van der Waals surface area contributed by atoms with Crippen molar-refractivity contribution in [3.05, 3.63) is 53.3 Å². The second-order valence-corrected chi connectivity index (χ2v) is 4.97. The monoisotopic (exact) mass is 328 g/mol. The standard InChI is InChI=1S/C17H12O7/c18-11-6-5-10-15(21)13(24-17(10)16(11)22)7-9-3-1-2-4-12(9)23-8-14(19)20/h1-7,18,22H,8H2,(H,19,20)/b13-7+. The van der Waals surface area contributed by atoms with Gasteiger partial charge >= 0.3 is 5.97 Å². The van der Waals surface area contributed by atoms with E-state index < -0.39 is 29.9 Å². The van der Waals surface area contributed by atoms with Gasteiger partial charge in [0, 0.05) is 5.56 Å². The number of carboxylic acid groups (broad SMARTS) is 1. The number of aromatic hydroxyl groups is 2. The molecule has 0 radical (unpaired) electrons. The molecule has 7 nitrogen and oxygen atoms in total. The van der Waals surface area contributed by atoms with Crippen molar-refractivity contribution >= 4 is 17.8 Å². The first-order valence-corrected chi connectivity index (χ1v) is 6.90. The Balaban J connectivity index is 1.95. The van der Waals surface area contributed by atoms with Gasteiger partial charge in [0.25, 0.3) is 0 Å². The third-order valence-electron chi connectivity index (χ3n) is 3.35. The van der Waals surface area contributed by atoms with Gasteiger partial charge in [0.1, 0.15) is 5.75 Å². The lowest BCUT2D eigenvalue weighted by molar-refractivity contribution is -0.139. The van der Waals surface area contributed by atoms with Crippen LogP contribution in [0.3, 0.4) is 0 Å². The number of fused-ring (bicyclic) bond motifs is 1. The van der Waals surface area contributed by atoms with Gasteiger partial charge in [0.15, 0.2) is 23.9 Å². The molecule has 0 saturated heterocycles. The number of carboxylic acids is 1. The Kier molecular flexibility index (Phi) is 3.83. The number of phenolic OH excluding ortho intramolecular Hbond substituents is 2. The summed E-state index contributed by atoms with van der Waals surface area (Å²) in [5, 5.41) is 27.9. The van der Waals surface area contributed by atoms with Gasteiger partial charge in [-0.1, -0.05) is 18.2 Å². The quantitative estimate of drug-likeness (QED) is 0.582. The van der Waals surface area contributed by atoms with Crippen molar-refractivity contribution in [1.82, 2.24) is 0 Å². The van der Waals surface area contributed by atoms with Gasteiger partial charge in [-0.2, -0.15) is 0 Å². The van der Waals surface area contributed by atoms with Gasteiger partial charge in [0.05, 0.1) is 5.56 Å². The van der Waals surface area contributed by atoms with Crippen molar-refractivity contribution in [1.29, 1.82) is 0 Å². The number of rotatable bonds is 4. The van der Waals surface area contributed by atoms with E-state index in [1.165, 1.54) is 18.2 Å². The Morgan fingerprint density at radius 2 is 1.92 bits per heavy atom. The van der Waals surface area contributed by atoms with Gasteiger partial charge in [-0.3, -0.25) is 4.79 Å². The van der Waals surface area contributed by atoms with Gasteiger partial charge in [-0.05, 0) is 24.3 Å². The predicted molar refractivity (Wildman–Crippen MR) is 82.3 cm³/mol. The van der Waals surface area contributed by atoms with Gasteiger partial charge < -0.3 is 24.8 Å². The van der Waals surface area contributed by atoms with Gasteiger partial charge in [-0.25, -0.2) is 4.79 Å². The van der Waals surface area contributed by atoms with Crippen LogP contribution < -0.4 is 9.47 Å². The van der Waals surface area contributed by atoms with E-state index in [1.807, 2.05) is 0 Å². The zero-order valence-corrected chi connectivity index (χ0v) is 12.2. The summed E-state index contributed by atoms with van der Waals surface area (Å²) in [5.41, 5.74) is 0.569. The summed E-state index contributed by atoms with van der Waals surface area (Å²) < 4.78 is 10.5. The smallest absolute Gasteiger partial charge is 0.341 e. The van der Waals surface area contributed by atoms with E-state index >= 15 is 0 Å². The van der Waals surface area contributed by atoms with Crippen molar-refractivity contribution in [3.8, 4) is 23.0 Å². The van der Waals surface area contributed by atoms with E-state index in [0.717, 1.165) is 0 Å². The minimum Gasteiger partial charge on any atom is -0.504 e. The second kappa shape index (κ2) is 5.96. The Labute approximate surface area is 136 Å². The number of para-hydroxylation sites is 1. The summed E-state index contributed by atoms with van der Waals surface area (Å²) in [7, 11) is 0. The van der Waals surface area contributed by atoms with Crippen LogP contribution in [0.25, 0.3) is 6.08 Å². The SMILES string of the molecule is O=C(O)COc1ccccc1/C=C1/Oc2c(ccc(O)c2O)C1=O. The zero-order chi connectivity index (χ0) is 17.3. The highest BCUT2D eigenvalue weighted by atomic mass is 16.5. The van der Waals surface area contributed by atoms with E-state index in [0.29, 0.717) is 5.56 Å². The second-order valence-electron chi connectivity index (χ2n) is 4.97. The van der Waals surface area contributed by atoms with E-state index in [1.54, 1.807) is 24.3 Å². The lowest BCUT2D eigenvalue weighted by Crippen LogP contribution is -2.10. The molecule has 2 aromatic carbocycles. The molecule has 0 aromatic heterocycles. The number of carbonyl (C=O) groups is 2. The van der Waals surface area contributed by atoms with Crippen LogP contribution in [0, 0.1) is 0 Å². The summed E-state index contributed by atoms with van der Waals surface area (Å²) in [4.78, 5) is 22.9. The van der Waals surface area contributed by atoms with Crippen LogP contribution in [-0.2, 0) is 4.79 Å². The Morgan fingerprint density at radius 1 is 1.17 bits per heavy atom. The van der Waals surface area contributed by atoms with Crippen molar-refractivity contribution in [2.75, 3.05) is 6.61 Å². The fourth-order valence-electron chi connectivity index (χ4n) is 2.24. The summed E-state index contributed by atoms with van der Waals surface area (Å²) in [6.07, 6.45) is 1.38. The molecule has 0 aliphatic carbocycles. The molecule has 0 atom stereocenters. The molecule has 24 heavy (non-hydrogen) atoms. The maximum absolute atomic E-state index is 12.3. The zero-order valence-electron chi connectivity index (χ0n) is 12.2. The molecule has 1 aliphatic heterocycles. The molecule has 122 valence electrons. The minimum atomic E-state index is -1.13. The van der Waals surface area contributed by atoms with Crippen LogP contribution in [0.5, 0.6) is 23.0 Å². The van der Waals surface area contributed by atoms with E-state index in [4.69, 9.17) is 14.6 Å². The number of carbonyl (C=O) groups excluding carboxylic acids is 1. The Bertz CT molecular complexity index is 867. The molecule has 1 heterocycles. The Hall–Kier alpha value is -3.48.